The van der Waals surface area contributed by atoms with E-state index in [4.69, 9.17) is 14.2 Å². The van der Waals surface area contributed by atoms with E-state index in [0.717, 1.165) is 16.7 Å². The van der Waals surface area contributed by atoms with Crippen molar-refractivity contribution in [3.63, 3.8) is 0 Å². The third-order valence-corrected chi connectivity index (χ3v) is 6.82. The Labute approximate surface area is 204 Å². The Morgan fingerprint density at radius 2 is 1.89 bits per heavy atom. The lowest BCUT2D eigenvalue weighted by Gasteiger charge is -2.34. The molecule has 0 radical (unpaired) electrons. The lowest BCUT2D eigenvalue weighted by Crippen LogP contribution is -2.57. The number of esters is 1. The van der Waals surface area contributed by atoms with Crippen molar-refractivity contribution in [3.8, 4) is 0 Å². The van der Waals surface area contributed by atoms with Gasteiger partial charge in [0.2, 0.25) is 5.91 Å². The Morgan fingerprint density at radius 1 is 1.14 bits per heavy atom. The second kappa shape index (κ2) is 9.75. The van der Waals surface area contributed by atoms with Crippen LogP contribution in [0.5, 0.6) is 0 Å². The average molecular weight is 488 g/mol. The summed E-state index contributed by atoms with van der Waals surface area (Å²) in [4.78, 5) is 54.7. The average Bonchev–Trinajstić information content (AvgIpc) is 3.43. The van der Waals surface area contributed by atoms with Gasteiger partial charge in [0.05, 0.1) is 20.3 Å². The fourth-order valence-electron chi connectivity index (χ4n) is 4.96. The summed E-state index contributed by atoms with van der Waals surface area (Å²) < 4.78 is 16.1. The number of hydrogen-bond acceptors (Lipinski definition) is 7. The number of carbonyl (C=O) groups excluding carboxylic acids is 4. The molecule has 3 atom stereocenters. The monoisotopic (exact) mass is 487 g/mol. The molecule has 3 aliphatic rings. The highest BCUT2D eigenvalue weighted by molar-refractivity contribution is 5.91. The summed E-state index contributed by atoms with van der Waals surface area (Å²) in [5, 5.41) is 2.68. The van der Waals surface area contributed by atoms with E-state index < -0.39 is 47.7 Å². The van der Waals surface area contributed by atoms with Gasteiger partial charge in [0.25, 0.3) is 0 Å². The van der Waals surface area contributed by atoms with Gasteiger partial charge >= 0.3 is 18.2 Å². The van der Waals surface area contributed by atoms with Gasteiger partial charge < -0.3 is 24.4 Å². The van der Waals surface area contributed by atoms with Crippen molar-refractivity contribution >= 4 is 24.1 Å². The van der Waals surface area contributed by atoms with Crippen LogP contribution < -0.4 is 5.32 Å². The quantitative estimate of drug-likeness (QED) is 0.478. The maximum absolute atomic E-state index is 13.6. The first-order chi connectivity index (χ1) is 16.6. The zero-order valence-corrected chi connectivity index (χ0v) is 20.7. The van der Waals surface area contributed by atoms with Crippen LogP contribution in [0.4, 0.5) is 9.59 Å². The zero-order valence-electron chi connectivity index (χ0n) is 20.7. The lowest BCUT2D eigenvalue weighted by atomic mass is 9.85. The first-order valence-electron chi connectivity index (χ1n) is 11.9. The molecule has 0 aliphatic carbocycles. The fraction of sp³-hybridized carbons (Fsp3) is 0.600. The maximum Gasteiger partial charge on any atom is 0.410 e. The number of rotatable bonds is 1. The summed E-state index contributed by atoms with van der Waals surface area (Å²) in [7, 11) is 1.25. The van der Waals surface area contributed by atoms with Crippen molar-refractivity contribution < 1.29 is 33.4 Å². The van der Waals surface area contributed by atoms with E-state index in [1.54, 1.807) is 4.90 Å². The van der Waals surface area contributed by atoms with Crippen molar-refractivity contribution in [1.29, 1.82) is 0 Å². The summed E-state index contributed by atoms with van der Waals surface area (Å²) in [6.07, 6.45) is -0.439. The van der Waals surface area contributed by atoms with Gasteiger partial charge in [-0.15, -0.1) is 0 Å². The predicted octanol–water partition coefficient (Wildman–Crippen LogP) is 2.37. The zero-order chi connectivity index (χ0) is 25.3. The number of alkyl carbamates (subject to hydrolysis) is 1. The van der Waals surface area contributed by atoms with E-state index >= 15 is 0 Å². The molecule has 3 aliphatic heterocycles. The van der Waals surface area contributed by atoms with Crippen molar-refractivity contribution in [2.75, 3.05) is 20.3 Å². The Kier molecular flexibility index (Phi) is 6.91. The smallest absolute Gasteiger partial charge is 0.410 e. The first-order valence-corrected chi connectivity index (χ1v) is 11.9. The van der Waals surface area contributed by atoms with Gasteiger partial charge in [0.15, 0.2) is 0 Å². The van der Waals surface area contributed by atoms with Gasteiger partial charge in [-0.1, -0.05) is 39.0 Å². The molecule has 10 nitrogen and oxygen atoms in total. The number of amides is 3. The van der Waals surface area contributed by atoms with Crippen molar-refractivity contribution in [2.24, 2.45) is 5.41 Å². The highest BCUT2D eigenvalue weighted by atomic mass is 16.6. The molecule has 0 saturated carbocycles. The molecule has 1 saturated heterocycles. The molecule has 10 heteroatoms. The minimum atomic E-state index is -0.953. The largest absolute Gasteiger partial charge is 0.467 e. The molecule has 3 amide bonds. The van der Waals surface area contributed by atoms with Crippen LogP contribution in [0.15, 0.2) is 18.2 Å². The molecule has 0 aromatic heterocycles. The van der Waals surface area contributed by atoms with Crippen LogP contribution in [-0.2, 0) is 43.3 Å². The summed E-state index contributed by atoms with van der Waals surface area (Å²) >= 11 is 0. The molecule has 0 spiro atoms. The second-order valence-corrected chi connectivity index (χ2v) is 10.4. The van der Waals surface area contributed by atoms with Gasteiger partial charge in [0.1, 0.15) is 18.2 Å². The lowest BCUT2D eigenvalue weighted by molar-refractivity contribution is -0.152. The van der Waals surface area contributed by atoms with Crippen LogP contribution in [0, 0.1) is 5.41 Å². The van der Waals surface area contributed by atoms with Crippen LogP contribution in [0.25, 0.3) is 0 Å². The van der Waals surface area contributed by atoms with Crippen LogP contribution in [0.3, 0.4) is 0 Å². The highest BCUT2D eigenvalue weighted by Crippen LogP contribution is 2.31. The van der Waals surface area contributed by atoms with E-state index in [9.17, 15) is 19.2 Å². The van der Waals surface area contributed by atoms with Crippen LogP contribution in [-0.4, -0.2) is 72.3 Å². The summed E-state index contributed by atoms with van der Waals surface area (Å²) in [6, 6.07) is 4.10. The number of hydrogen-bond donors (Lipinski definition) is 1. The minimum absolute atomic E-state index is 0.0275. The Morgan fingerprint density at radius 3 is 2.60 bits per heavy atom. The van der Waals surface area contributed by atoms with E-state index in [0.29, 0.717) is 25.9 Å². The van der Waals surface area contributed by atoms with Crippen LogP contribution >= 0.6 is 0 Å². The summed E-state index contributed by atoms with van der Waals surface area (Å²) in [6.45, 7) is 6.52. The van der Waals surface area contributed by atoms with Crippen molar-refractivity contribution in [1.82, 2.24) is 15.1 Å². The minimum Gasteiger partial charge on any atom is -0.467 e. The Bertz CT molecular complexity index is 1020. The Hall–Kier alpha value is -3.30. The van der Waals surface area contributed by atoms with Gasteiger partial charge in [-0.2, -0.15) is 0 Å². The molecular weight excluding hydrogens is 454 g/mol. The number of aryl methyl sites for hydroxylation is 1. The standard InChI is InChI=1S/C25H33N3O7/c1-25(2,3)20-21(29)28-13-17(11-19(28)22(30)33-4)35-24(32)27-12-16-8-5-7-15(18(16)14-27)9-6-10-34-23(31)26-20/h5,7-8,17,19-20H,6,9-14H2,1-4H3,(H,26,31)/t17-,19+,20-/m1/s1. The molecule has 3 heterocycles. The SMILES string of the molecule is COC(=O)[C@@H]1C[C@@H]2CN1C(=O)[C@H](C(C)(C)C)NC(=O)OCCCc1cccc3c1CN(C3)C(=O)O2. The Balaban J connectivity index is 1.64. The predicted molar refractivity (Wildman–Crippen MR) is 124 cm³/mol. The van der Waals surface area contributed by atoms with Crippen molar-refractivity contribution in [2.45, 2.75) is 71.3 Å². The molecule has 1 N–H and O–H groups in total. The van der Waals surface area contributed by atoms with Gasteiger partial charge in [-0.05, 0) is 34.9 Å². The number of carbonyl (C=O) groups is 4. The number of methoxy groups -OCH3 is 1. The molecule has 1 aromatic rings. The van der Waals surface area contributed by atoms with E-state index in [1.165, 1.54) is 12.0 Å². The fourth-order valence-corrected chi connectivity index (χ4v) is 4.96. The second-order valence-electron chi connectivity index (χ2n) is 10.4. The number of benzene rings is 1. The number of fused-ring (bicyclic) bond motifs is 3. The molecular formula is C25H33N3O7. The van der Waals surface area contributed by atoms with E-state index in [2.05, 4.69) is 5.32 Å². The third-order valence-electron chi connectivity index (χ3n) is 6.82. The molecule has 0 unspecified atom stereocenters. The van der Waals surface area contributed by atoms with Crippen molar-refractivity contribution in [3.05, 3.63) is 34.9 Å². The van der Waals surface area contributed by atoms with Gasteiger partial charge in [-0.3, -0.25) is 9.69 Å². The molecule has 190 valence electrons. The molecule has 1 fully saturated rings. The molecule has 4 rings (SSSR count). The number of cyclic esters (lactones) is 1. The number of nitrogens with one attached hydrogen (secondary N) is 1. The van der Waals surface area contributed by atoms with Gasteiger partial charge in [-0.25, -0.2) is 14.4 Å². The molecule has 1 aromatic carbocycles. The maximum atomic E-state index is 13.6. The number of nitrogens with zero attached hydrogens (tertiary/aromatic N) is 2. The van der Waals surface area contributed by atoms with Gasteiger partial charge in [0, 0.05) is 19.5 Å². The van der Waals surface area contributed by atoms with E-state index in [-0.39, 0.29) is 19.6 Å². The third kappa shape index (κ3) is 5.21. The molecule has 35 heavy (non-hydrogen) atoms. The summed E-state index contributed by atoms with van der Waals surface area (Å²) in [5.41, 5.74) is 2.58. The number of ether oxygens (including phenoxy) is 3. The normalized spacial score (nSPS) is 25.5. The first kappa shape index (κ1) is 24.8. The highest BCUT2D eigenvalue weighted by Gasteiger charge is 2.47. The van der Waals surface area contributed by atoms with Crippen LogP contribution in [0.2, 0.25) is 0 Å². The molecule has 4 bridgehead atoms. The van der Waals surface area contributed by atoms with E-state index in [1.807, 2.05) is 39.0 Å². The summed E-state index contributed by atoms with van der Waals surface area (Å²) in [5.74, 6) is -1.05. The van der Waals surface area contributed by atoms with Crippen LogP contribution in [0.1, 0.15) is 50.3 Å². The topological polar surface area (TPSA) is 114 Å².